The molecular weight excluding hydrogens is 250 g/mol. The molecule has 2 aliphatic rings. The molecule has 0 radical (unpaired) electrons. The van der Waals surface area contributed by atoms with Crippen LogP contribution in [-0.2, 0) is 11.8 Å². The molecule has 1 heterocycles. The summed E-state index contributed by atoms with van der Waals surface area (Å²) in [6, 6.07) is 6.16. The van der Waals surface area contributed by atoms with Gasteiger partial charge in [0.15, 0.2) is 0 Å². The zero-order valence-corrected chi connectivity index (χ0v) is 11.7. The maximum absolute atomic E-state index is 11.2. The predicted octanol–water partition coefficient (Wildman–Crippen LogP) is 2.88. The molecule has 0 amide bonds. The standard InChI is InChI=1S/C17H21NO2/c18-11-16(17(19)7-2-1-3-8-17)10-13-12-6-9-20-15(12)5-4-14(13)16/h4-6,9,19H,1-3,7-8,10-11,18H2. The van der Waals surface area contributed by atoms with E-state index in [1.54, 1.807) is 6.26 Å². The van der Waals surface area contributed by atoms with Crippen LogP contribution in [0, 0.1) is 0 Å². The fourth-order valence-electron chi connectivity index (χ4n) is 4.44. The number of hydrogen-bond donors (Lipinski definition) is 2. The summed E-state index contributed by atoms with van der Waals surface area (Å²) in [6.07, 6.45) is 7.84. The van der Waals surface area contributed by atoms with Gasteiger partial charge in [-0.25, -0.2) is 0 Å². The van der Waals surface area contributed by atoms with Crippen molar-refractivity contribution in [1.29, 1.82) is 0 Å². The average molecular weight is 271 g/mol. The SMILES string of the molecule is NCC1(C2(O)CCCCC2)Cc2c1ccc1occc21. The van der Waals surface area contributed by atoms with Crippen LogP contribution in [0.1, 0.15) is 43.2 Å². The first-order valence-corrected chi connectivity index (χ1v) is 7.62. The van der Waals surface area contributed by atoms with E-state index in [4.69, 9.17) is 10.2 Å². The van der Waals surface area contributed by atoms with Crippen LogP contribution in [-0.4, -0.2) is 17.3 Å². The molecule has 1 aromatic carbocycles. The second-order valence-electron chi connectivity index (χ2n) is 6.48. The summed E-state index contributed by atoms with van der Waals surface area (Å²) in [5, 5.41) is 12.4. The van der Waals surface area contributed by atoms with Crippen LogP contribution in [0.2, 0.25) is 0 Å². The van der Waals surface area contributed by atoms with Gasteiger partial charge >= 0.3 is 0 Å². The quantitative estimate of drug-likeness (QED) is 0.883. The molecule has 3 nitrogen and oxygen atoms in total. The summed E-state index contributed by atoms with van der Waals surface area (Å²) in [6.45, 7) is 0.528. The zero-order valence-electron chi connectivity index (χ0n) is 11.7. The molecule has 1 atom stereocenters. The molecule has 0 spiro atoms. The molecule has 0 aliphatic heterocycles. The van der Waals surface area contributed by atoms with Crippen molar-refractivity contribution in [1.82, 2.24) is 0 Å². The molecule has 0 saturated heterocycles. The minimum absolute atomic E-state index is 0.242. The number of fused-ring (bicyclic) bond motifs is 3. The summed E-state index contributed by atoms with van der Waals surface area (Å²) in [5.74, 6) is 0. The molecular formula is C17H21NO2. The van der Waals surface area contributed by atoms with Gasteiger partial charge in [-0.3, -0.25) is 0 Å². The largest absolute Gasteiger partial charge is 0.464 e. The predicted molar refractivity (Wildman–Crippen MR) is 78.7 cm³/mol. The van der Waals surface area contributed by atoms with Crippen LogP contribution < -0.4 is 5.73 Å². The molecule has 3 heteroatoms. The molecule has 2 aromatic rings. The number of rotatable bonds is 2. The van der Waals surface area contributed by atoms with Crippen molar-refractivity contribution in [3.63, 3.8) is 0 Å². The fourth-order valence-corrected chi connectivity index (χ4v) is 4.44. The second-order valence-corrected chi connectivity index (χ2v) is 6.48. The first-order valence-electron chi connectivity index (χ1n) is 7.62. The first-order chi connectivity index (χ1) is 9.70. The molecule has 1 unspecified atom stereocenters. The van der Waals surface area contributed by atoms with Gasteiger partial charge < -0.3 is 15.3 Å². The van der Waals surface area contributed by atoms with Gasteiger partial charge in [-0.05, 0) is 42.5 Å². The topological polar surface area (TPSA) is 59.4 Å². The van der Waals surface area contributed by atoms with Crippen LogP contribution in [0.4, 0.5) is 0 Å². The first kappa shape index (κ1) is 12.4. The van der Waals surface area contributed by atoms with Crippen molar-refractivity contribution < 1.29 is 9.52 Å². The highest BCUT2D eigenvalue weighted by Gasteiger charge is 2.56. The van der Waals surface area contributed by atoms with Crippen molar-refractivity contribution in [2.24, 2.45) is 5.73 Å². The van der Waals surface area contributed by atoms with Gasteiger partial charge in [0, 0.05) is 17.3 Å². The van der Waals surface area contributed by atoms with Gasteiger partial charge in [0.1, 0.15) is 5.58 Å². The van der Waals surface area contributed by atoms with E-state index in [1.165, 1.54) is 22.9 Å². The molecule has 3 N–H and O–H groups in total. The van der Waals surface area contributed by atoms with Gasteiger partial charge in [0.05, 0.1) is 11.9 Å². The number of hydrogen-bond acceptors (Lipinski definition) is 3. The maximum atomic E-state index is 11.2. The van der Waals surface area contributed by atoms with Crippen LogP contribution in [0.5, 0.6) is 0 Å². The lowest BCUT2D eigenvalue weighted by atomic mass is 9.52. The molecule has 0 bridgehead atoms. The van der Waals surface area contributed by atoms with Crippen LogP contribution >= 0.6 is 0 Å². The third-order valence-corrected chi connectivity index (χ3v) is 5.66. The Labute approximate surface area is 118 Å². The highest BCUT2D eigenvalue weighted by atomic mass is 16.3. The lowest BCUT2D eigenvalue weighted by Crippen LogP contribution is -2.62. The molecule has 1 saturated carbocycles. The second kappa shape index (κ2) is 4.09. The van der Waals surface area contributed by atoms with E-state index in [0.29, 0.717) is 6.54 Å². The van der Waals surface area contributed by atoms with Crippen molar-refractivity contribution in [2.75, 3.05) is 6.54 Å². The van der Waals surface area contributed by atoms with Crippen molar-refractivity contribution in [3.8, 4) is 0 Å². The molecule has 106 valence electrons. The van der Waals surface area contributed by atoms with Gasteiger partial charge in [-0.15, -0.1) is 0 Å². The molecule has 4 rings (SSSR count). The average Bonchev–Trinajstić information content (AvgIpc) is 2.88. The van der Waals surface area contributed by atoms with E-state index in [0.717, 1.165) is 37.7 Å². The normalized spacial score (nSPS) is 28.1. The lowest BCUT2D eigenvalue weighted by Gasteiger charge is -2.55. The Balaban J connectivity index is 1.84. The van der Waals surface area contributed by atoms with Crippen LogP contribution in [0.25, 0.3) is 11.0 Å². The van der Waals surface area contributed by atoms with Crippen molar-refractivity contribution >= 4 is 11.0 Å². The van der Waals surface area contributed by atoms with E-state index < -0.39 is 5.60 Å². The van der Waals surface area contributed by atoms with E-state index in [1.807, 2.05) is 12.1 Å². The smallest absolute Gasteiger partial charge is 0.134 e. The lowest BCUT2D eigenvalue weighted by molar-refractivity contribution is -0.0753. The fraction of sp³-hybridized carbons (Fsp3) is 0.529. The van der Waals surface area contributed by atoms with Gasteiger partial charge in [0.2, 0.25) is 0 Å². The van der Waals surface area contributed by atoms with E-state index in [2.05, 4.69) is 6.07 Å². The van der Waals surface area contributed by atoms with Crippen molar-refractivity contribution in [3.05, 3.63) is 35.6 Å². The van der Waals surface area contributed by atoms with Gasteiger partial charge in [-0.1, -0.05) is 25.3 Å². The minimum atomic E-state index is -0.621. The summed E-state index contributed by atoms with van der Waals surface area (Å²) in [5.41, 5.74) is 8.78. The Bertz CT molecular complexity index is 654. The van der Waals surface area contributed by atoms with Crippen LogP contribution in [0.15, 0.2) is 28.9 Å². The third kappa shape index (κ3) is 1.37. The van der Waals surface area contributed by atoms with Gasteiger partial charge in [-0.2, -0.15) is 0 Å². The van der Waals surface area contributed by atoms with Crippen LogP contribution in [0.3, 0.4) is 0 Å². The van der Waals surface area contributed by atoms with Crippen molar-refractivity contribution in [2.45, 2.75) is 49.5 Å². The number of furan rings is 1. The Morgan fingerprint density at radius 3 is 2.70 bits per heavy atom. The Hall–Kier alpha value is -1.32. The number of benzene rings is 1. The van der Waals surface area contributed by atoms with E-state index in [9.17, 15) is 5.11 Å². The molecule has 1 aromatic heterocycles. The monoisotopic (exact) mass is 271 g/mol. The maximum Gasteiger partial charge on any atom is 0.134 e. The minimum Gasteiger partial charge on any atom is -0.464 e. The third-order valence-electron chi connectivity index (χ3n) is 5.66. The summed E-state index contributed by atoms with van der Waals surface area (Å²) in [7, 11) is 0. The zero-order chi connectivity index (χ0) is 13.8. The highest BCUT2D eigenvalue weighted by Crippen LogP contribution is 2.54. The Morgan fingerprint density at radius 1 is 1.15 bits per heavy atom. The summed E-state index contributed by atoms with van der Waals surface area (Å²) < 4.78 is 5.47. The molecule has 2 aliphatic carbocycles. The number of aliphatic hydroxyl groups is 1. The summed E-state index contributed by atoms with van der Waals surface area (Å²) in [4.78, 5) is 0. The molecule has 20 heavy (non-hydrogen) atoms. The Kier molecular flexibility index (Phi) is 2.54. The van der Waals surface area contributed by atoms with E-state index in [-0.39, 0.29) is 5.41 Å². The number of nitrogens with two attached hydrogens (primary N) is 1. The molecule has 1 fully saturated rings. The van der Waals surface area contributed by atoms with Gasteiger partial charge in [0.25, 0.3) is 0 Å². The summed E-state index contributed by atoms with van der Waals surface area (Å²) >= 11 is 0. The van der Waals surface area contributed by atoms with E-state index >= 15 is 0 Å². The Morgan fingerprint density at radius 2 is 1.95 bits per heavy atom. The highest BCUT2D eigenvalue weighted by molar-refractivity contribution is 5.85.